The van der Waals surface area contributed by atoms with Gasteiger partial charge in [-0.05, 0) is 24.6 Å². The van der Waals surface area contributed by atoms with E-state index in [0.29, 0.717) is 8.64 Å². The van der Waals surface area contributed by atoms with Gasteiger partial charge in [-0.1, -0.05) is 30.5 Å². The van der Waals surface area contributed by atoms with E-state index >= 15 is 0 Å². The van der Waals surface area contributed by atoms with Crippen molar-refractivity contribution in [2.75, 3.05) is 10.6 Å². The molecule has 0 aliphatic rings. The number of benzene rings is 1. The summed E-state index contributed by atoms with van der Waals surface area (Å²) < 4.78 is 0.863. The Balaban J connectivity index is 2.94. The third-order valence-corrected chi connectivity index (χ3v) is 2.16. The van der Waals surface area contributed by atoms with Gasteiger partial charge in [-0.2, -0.15) is 0 Å². The second kappa shape index (κ2) is 5.69. The molecule has 1 aromatic rings. The van der Waals surface area contributed by atoms with Crippen LogP contribution in [0.3, 0.4) is 0 Å². The van der Waals surface area contributed by atoms with Crippen LogP contribution in [0.1, 0.15) is 5.56 Å². The summed E-state index contributed by atoms with van der Waals surface area (Å²) in [5, 5.41) is 5.91. The van der Waals surface area contributed by atoms with Crippen LogP contribution in [0.15, 0.2) is 18.2 Å². The Morgan fingerprint density at radius 3 is 2.27 bits per heavy atom. The van der Waals surface area contributed by atoms with Crippen molar-refractivity contribution in [1.29, 1.82) is 0 Å². The number of rotatable bonds is 2. The van der Waals surface area contributed by atoms with Gasteiger partial charge < -0.3 is 10.6 Å². The van der Waals surface area contributed by atoms with Crippen LogP contribution in [0, 0.1) is 6.92 Å². The van der Waals surface area contributed by atoms with Crippen LogP contribution < -0.4 is 10.6 Å². The molecule has 15 heavy (non-hydrogen) atoms. The van der Waals surface area contributed by atoms with E-state index in [1.165, 1.54) is 0 Å². The molecule has 0 fully saturated rings. The average molecular weight is 274 g/mol. The molecular formula is C9H10N2S4. The standard InChI is InChI=1S/C9H10N2S4/c1-5-2-3-6(10-8(12)13)4-7(5)11-9(14)15/h2-4H,1H3,(H2,10,12,13)(H2,11,14,15). The second-order valence-electron chi connectivity index (χ2n) is 2.89. The first-order valence-corrected chi connectivity index (χ1v) is 5.80. The molecular weight excluding hydrogens is 264 g/mol. The van der Waals surface area contributed by atoms with Crippen LogP contribution in [0.2, 0.25) is 0 Å². The fraction of sp³-hybridized carbons (Fsp3) is 0.111. The highest BCUT2D eigenvalue weighted by Gasteiger charge is 2.01. The van der Waals surface area contributed by atoms with Crippen molar-refractivity contribution >= 4 is 69.7 Å². The first-order valence-electron chi connectivity index (χ1n) is 4.09. The lowest BCUT2D eigenvalue weighted by atomic mass is 10.2. The summed E-state index contributed by atoms with van der Waals surface area (Å²) in [5.41, 5.74) is 2.86. The maximum atomic E-state index is 4.86. The molecule has 2 N–H and O–H groups in total. The Kier molecular flexibility index (Phi) is 4.85. The Bertz CT molecular complexity index is 403. The summed E-state index contributed by atoms with van der Waals surface area (Å²) in [6, 6.07) is 5.79. The van der Waals surface area contributed by atoms with Gasteiger partial charge in [0.15, 0.2) is 0 Å². The number of thiol groups is 2. The zero-order valence-corrected chi connectivity index (χ0v) is 11.4. The van der Waals surface area contributed by atoms with Gasteiger partial charge in [0.2, 0.25) is 0 Å². The van der Waals surface area contributed by atoms with E-state index in [0.717, 1.165) is 16.9 Å². The van der Waals surface area contributed by atoms with Crippen molar-refractivity contribution in [3.8, 4) is 0 Å². The number of aryl methyl sites for hydroxylation is 1. The summed E-state index contributed by atoms with van der Waals surface area (Å²) in [6.07, 6.45) is 0. The molecule has 0 radical (unpaired) electrons. The molecule has 0 saturated heterocycles. The minimum atomic E-state index is 0.429. The van der Waals surface area contributed by atoms with Crippen molar-refractivity contribution in [3.63, 3.8) is 0 Å². The maximum Gasteiger partial charge on any atom is 0.135 e. The predicted molar refractivity (Wildman–Crippen MR) is 81.6 cm³/mol. The van der Waals surface area contributed by atoms with E-state index in [-0.39, 0.29) is 0 Å². The molecule has 0 amide bonds. The fourth-order valence-electron chi connectivity index (χ4n) is 1.07. The van der Waals surface area contributed by atoms with Gasteiger partial charge in [-0.25, -0.2) is 0 Å². The van der Waals surface area contributed by atoms with Gasteiger partial charge >= 0.3 is 0 Å². The van der Waals surface area contributed by atoms with E-state index in [4.69, 9.17) is 24.4 Å². The quantitative estimate of drug-likeness (QED) is 0.491. The van der Waals surface area contributed by atoms with E-state index in [9.17, 15) is 0 Å². The van der Waals surface area contributed by atoms with Gasteiger partial charge in [-0.15, -0.1) is 25.3 Å². The first kappa shape index (κ1) is 12.8. The van der Waals surface area contributed by atoms with E-state index in [1.807, 2.05) is 25.1 Å². The number of nitrogens with one attached hydrogen (secondary N) is 2. The Labute approximate surface area is 111 Å². The van der Waals surface area contributed by atoms with Crippen LogP contribution in [-0.2, 0) is 0 Å². The van der Waals surface area contributed by atoms with Gasteiger partial charge in [0.1, 0.15) is 8.64 Å². The third kappa shape index (κ3) is 4.38. The second-order valence-corrected chi connectivity index (χ2v) is 5.21. The van der Waals surface area contributed by atoms with Gasteiger partial charge in [0, 0.05) is 11.4 Å². The zero-order chi connectivity index (χ0) is 11.4. The monoisotopic (exact) mass is 274 g/mol. The molecule has 0 saturated carbocycles. The van der Waals surface area contributed by atoms with Crippen molar-refractivity contribution in [2.24, 2.45) is 0 Å². The van der Waals surface area contributed by atoms with Crippen LogP contribution >= 0.6 is 49.7 Å². The van der Waals surface area contributed by atoms with Crippen molar-refractivity contribution in [1.82, 2.24) is 0 Å². The molecule has 0 unspecified atom stereocenters. The highest BCUT2D eigenvalue weighted by molar-refractivity contribution is 8.11. The fourth-order valence-corrected chi connectivity index (χ4v) is 1.55. The summed E-state index contributed by atoms with van der Waals surface area (Å²) >= 11 is 17.7. The molecule has 0 heterocycles. The third-order valence-electron chi connectivity index (χ3n) is 1.73. The number of anilines is 2. The molecule has 0 bridgehead atoms. The van der Waals surface area contributed by atoms with E-state index < -0.39 is 0 Å². The summed E-state index contributed by atoms with van der Waals surface area (Å²) in [6.45, 7) is 1.98. The molecule has 0 aliphatic carbocycles. The molecule has 80 valence electrons. The Morgan fingerprint density at radius 2 is 1.73 bits per heavy atom. The molecule has 0 aromatic heterocycles. The first-order chi connectivity index (χ1) is 6.99. The molecule has 6 heteroatoms. The number of hydrogen-bond donors (Lipinski definition) is 4. The van der Waals surface area contributed by atoms with E-state index in [2.05, 4.69) is 35.9 Å². The Morgan fingerprint density at radius 1 is 1.13 bits per heavy atom. The van der Waals surface area contributed by atoms with Crippen LogP contribution in [0.5, 0.6) is 0 Å². The topological polar surface area (TPSA) is 24.1 Å². The van der Waals surface area contributed by atoms with E-state index in [1.54, 1.807) is 0 Å². The van der Waals surface area contributed by atoms with Crippen LogP contribution in [-0.4, -0.2) is 8.64 Å². The van der Waals surface area contributed by atoms with Crippen LogP contribution in [0.4, 0.5) is 11.4 Å². The van der Waals surface area contributed by atoms with Gasteiger partial charge in [0.05, 0.1) is 0 Å². The molecule has 0 aliphatic heterocycles. The lowest BCUT2D eigenvalue weighted by molar-refractivity contribution is 1.46. The molecule has 0 atom stereocenters. The Hall–Kier alpha value is -0.300. The SMILES string of the molecule is Cc1ccc(NC(=S)S)cc1NC(=S)S. The number of thiocarbonyl (C=S) groups is 2. The van der Waals surface area contributed by atoms with Crippen molar-refractivity contribution in [2.45, 2.75) is 6.92 Å². The normalized spacial score (nSPS) is 9.53. The zero-order valence-electron chi connectivity index (χ0n) is 7.94. The predicted octanol–water partition coefficient (Wildman–Crippen LogP) is 3.25. The molecule has 0 spiro atoms. The summed E-state index contributed by atoms with van der Waals surface area (Å²) in [4.78, 5) is 0. The largest absolute Gasteiger partial charge is 0.341 e. The van der Waals surface area contributed by atoms with Crippen LogP contribution in [0.25, 0.3) is 0 Å². The molecule has 2 nitrogen and oxygen atoms in total. The minimum absolute atomic E-state index is 0.429. The van der Waals surface area contributed by atoms with Gasteiger partial charge in [-0.3, -0.25) is 0 Å². The lowest BCUT2D eigenvalue weighted by Gasteiger charge is -2.10. The molecule has 1 rings (SSSR count). The molecule has 1 aromatic carbocycles. The van der Waals surface area contributed by atoms with Crippen molar-refractivity contribution < 1.29 is 0 Å². The van der Waals surface area contributed by atoms with Gasteiger partial charge in [0.25, 0.3) is 0 Å². The average Bonchev–Trinajstić information content (AvgIpc) is 2.09. The smallest absolute Gasteiger partial charge is 0.135 e. The summed E-state index contributed by atoms with van der Waals surface area (Å²) in [5.74, 6) is 0. The summed E-state index contributed by atoms with van der Waals surface area (Å²) in [7, 11) is 0. The lowest BCUT2D eigenvalue weighted by Crippen LogP contribution is -2.05. The maximum absolute atomic E-state index is 4.86. The minimum Gasteiger partial charge on any atom is -0.341 e. The highest BCUT2D eigenvalue weighted by atomic mass is 32.1. The van der Waals surface area contributed by atoms with Crippen molar-refractivity contribution in [3.05, 3.63) is 23.8 Å². The number of hydrogen-bond acceptors (Lipinski definition) is 2. The highest BCUT2D eigenvalue weighted by Crippen LogP contribution is 2.21.